The summed E-state index contributed by atoms with van der Waals surface area (Å²) in [7, 11) is -1.95. The summed E-state index contributed by atoms with van der Waals surface area (Å²) in [4.78, 5) is 0.278. The molecule has 1 aliphatic carbocycles. The third-order valence-electron chi connectivity index (χ3n) is 5.39. The van der Waals surface area contributed by atoms with Gasteiger partial charge < -0.3 is 9.84 Å². The first-order valence-electron chi connectivity index (χ1n) is 9.20. The van der Waals surface area contributed by atoms with Crippen LogP contribution in [0.4, 0.5) is 0 Å². The molecule has 0 heterocycles. The Bertz CT molecular complexity index is 893. The molecule has 2 N–H and O–H groups in total. The summed E-state index contributed by atoms with van der Waals surface area (Å²) in [6, 6.07) is 12.6. The van der Waals surface area contributed by atoms with Crippen LogP contribution in [0.5, 0.6) is 5.75 Å². The molecule has 146 valence electrons. The van der Waals surface area contributed by atoms with E-state index in [1.165, 1.54) is 0 Å². The summed E-state index contributed by atoms with van der Waals surface area (Å²) in [5, 5.41) is 9.69. The van der Waals surface area contributed by atoms with Gasteiger partial charge in [0.2, 0.25) is 10.0 Å². The van der Waals surface area contributed by atoms with Gasteiger partial charge >= 0.3 is 0 Å². The van der Waals surface area contributed by atoms with E-state index in [0.29, 0.717) is 12.8 Å². The second-order valence-electron chi connectivity index (χ2n) is 7.40. The highest BCUT2D eigenvalue weighted by Crippen LogP contribution is 2.39. The van der Waals surface area contributed by atoms with E-state index in [4.69, 9.17) is 4.74 Å². The van der Waals surface area contributed by atoms with Gasteiger partial charge in [0.05, 0.1) is 12.0 Å². The minimum atomic E-state index is -3.59. The van der Waals surface area contributed by atoms with E-state index in [2.05, 4.69) is 4.72 Å². The van der Waals surface area contributed by atoms with E-state index in [-0.39, 0.29) is 29.4 Å². The number of hydrogen-bond donors (Lipinski definition) is 2. The second kappa shape index (κ2) is 8.00. The Morgan fingerprint density at radius 3 is 2.56 bits per heavy atom. The van der Waals surface area contributed by atoms with E-state index in [1.807, 2.05) is 32.0 Å². The van der Waals surface area contributed by atoms with Gasteiger partial charge in [0.1, 0.15) is 5.75 Å². The first-order chi connectivity index (χ1) is 12.8. The normalized spacial score (nSPS) is 20.7. The summed E-state index contributed by atoms with van der Waals surface area (Å²) in [5.41, 5.74) is 3.26. The summed E-state index contributed by atoms with van der Waals surface area (Å²) >= 11 is 0. The lowest BCUT2D eigenvalue weighted by Gasteiger charge is -2.35. The monoisotopic (exact) mass is 389 g/mol. The van der Waals surface area contributed by atoms with Crippen LogP contribution in [0.25, 0.3) is 0 Å². The Kier molecular flexibility index (Phi) is 5.89. The molecule has 3 atom stereocenters. The van der Waals surface area contributed by atoms with E-state index in [1.54, 1.807) is 31.4 Å². The first kappa shape index (κ1) is 19.9. The molecule has 27 heavy (non-hydrogen) atoms. The Morgan fingerprint density at radius 1 is 1.22 bits per heavy atom. The van der Waals surface area contributed by atoms with Crippen LogP contribution in [0.2, 0.25) is 0 Å². The van der Waals surface area contributed by atoms with Gasteiger partial charge in [-0.3, -0.25) is 0 Å². The van der Waals surface area contributed by atoms with Crippen LogP contribution in [0, 0.1) is 12.8 Å². The number of hydrogen-bond acceptors (Lipinski definition) is 4. The summed E-state index contributed by atoms with van der Waals surface area (Å²) in [5.74, 6) is 0.879. The summed E-state index contributed by atoms with van der Waals surface area (Å²) in [6.07, 6.45) is 1.27. The number of nitrogens with one attached hydrogen (secondary N) is 1. The van der Waals surface area contributed by atoms with E-state index >= 15 is 0 Å². The summed E-state index contributed by atoms with van der Waals surface area (Å²) in [6.45, 7) is 3.97. The maximum absolute atomic E-state index is 12.8. The number of ether oxygens (including phenoxy) is 1. The SMILES string of the molecule is COc1ccc2c(c1)[C@H](C(C)CO)C[C@H](NS(=O)(=O)c1ccc(C)cc1)C2. The van der Waals surface area contributed by atoms with Crippen molar-refractivity contribution in [2.75, 3.05) is 13.7 Å². The van der Waals surface area contributed by atoms with Crippen molar-refractivity contribution in [2.45, 2.75) is 43.5 Å². The Morgan fingerprint density at radius 2 is 1.93 bits per heavy atom. The van der Waals surface area contributed by atoms with Crippen LogP contribution < -0.4 is 9.46 Å². The van der Waals surface area contributed by atoms with Crippen molar-refractivity contribution in [3.05, 3.63) is 59.2 Å². The number of methoxy groups -OCH3 is 1. The van der Waals surface area contributed by atoms with Crippen LogP contribution in [-0.4, -0.2) is 33.3 Å². The molecule has 0 aromatic heterocycles. The van der Waals surface area contributed by atoms with Crippen molar-refractivity contribution in [1.82, 2.24) is 4.72 Å². The smallest absolute Gasteiger partial charge is 0.240 e. The number of fused-ring (bicyclic) bond motifs is 1. The molecular formula is C21H27NO4S. The highest BCUT2D eigenvalue weighted by molar-refractivity contribution is 7.89. The zero-order valence-corrected chi connectivity index (χ0v) is 16.8. The molecule has 1 aliphatic rings. The molecule has 1 unspecified atom stereocenters. The largest absolute Gasteiger partial charge is 0.497 e. The van der Waals surface area contributed by atoms with Gasteiger partial charge in [-0.15, -0.1) is 0 Å². The maximum Gasteiger partial charge on any atom is 0.240 e. The van der Waals surface area contributed by atoms with Crippen LogP contribution >= 0.6 is 0 Å². The zero-order chi connectivity index (χ0) is 19.6. The molecule has 0 amide bonds. The minimum absolute atomic E-state index is 0.0301. The molecule has 3 rings (SSSR count). The second-order valence-corrected chi connectivity index (χ2v) is 9.12. The van der Waals surface area contributed by atoms with Gasteiger partial charge in [-0.1, -0.05) is 30.7 Å². The van der Waals surface area contributed by atoms with Crippen molar-refractivity contribution < 1.29 is 18.3 Å². The fourth-order valence-electron chi connectivity index (χ4n) is 3.77. The molecule has 0 spiro atoms. The highest BCUT2D eigenvalue weighted by atomic mass is 32.2. The maximum atomic E-state index is 12.8. The van der Waals surface area contributed by atoms with E-state index in [9.17, 15) is 13.5 Å². The fraction of sp³-hybridized carbons (Fsp3) is 0.429. The molecule has 0 aliphatic heterocycles. The third kappa shape index (κ3) is 4.34. The van der Waals surface area contributed by atoms with E-state index < -0.39 is 10.0 Å². The lowest BCUT2D eigenvalue weighted by molar-refractivity contribution is 0.203. The number of sulfonamides is 1. The zero-order valence-electron chi connectivity index (χ0n) is 16.0. The standard InChI is InChI=1S/C21H27NO4S/c1-14-4-8-19(9-5-14)27(24,25)22-17-10-16-6-7-18(26-3)12-21(16)20(11-17)15(2)13-23/h4-9,12,15,17,20,22-23H,10-11,13H2,1-3H3/t15?,17-,20+/m1/s1. The average molecular weight is 390 g/mol. The average Bonchev–Trinajstić information content (AvgIpc) is 2.66. The highest BCUT2D eigenvalue weighted by Gasteiger charge is 2.33. The van der Waals surface area contributed by atoms with Crippen molar-refractivity contribution in [2.24, 2.45) is 5.92 Å². The predicted octanol–water partition coefficient (Wildman–Crippen LogP) is 3.01. The number of aryl methyl sites for hydroxylation is 1. The van der Waals surface area contributed by atoms with Crippen molar-refractivity contribution in [3.8, 4) is 5.75 Å². The summed E-state index contributed by atoms with van der Waals surface area (Å²) < 4.78 is 33.8. The molecular weight excluding hydrogens is 362 g/mol. The number of aliphatic hydroxyl groups excluding tert-OH is 1. The number of rotatable bonds is 6. The van der Waals surface area contributed by atoms with Gasteiger partial charge in [-0.25, -0.2) is 13.1 Å². The van der Waals surface area contributed by atoms with Crippen LogP contribution in [0.15, 0.2) is 47.4 Å². The molecule has 5 nitrogen and oxygen atoms in total. The van der Waals surface area contributed by atoms with Gasteiger partial charge in [0, 0.05) is 12.6 Å². The third-order valence-corrected chi connectivity index (χ3v) is 6.92. The fourth-order valence-corrected chi connectivity index (χ4v) is 5.02. The van der Waals surface area contributed by atoms with Gasteiger partial charge in [0.15, 0.2) is 0 Å². The molecule has 0 saturated carbocycles. The number of benzene rings is 2. The Balaban J connectivity index is 1.88. The lowest BCUT2D eigenvalue weighted by atomic mass is 9.75. The van der Waals surface area contributed by atoms with Crippen molar-refractivity contribution in [1.29, 1.82) is 0 Å². The molecule has 0 saturated heterocycles. The quantitative estimate of drug-likeness (QED) is 0.796. The van der Waals surface area contributed by atoms with Crippen LogP contribution in [0.3, 0.4) is 0 Å². The molecule has 0 bridgehead atoms. The molecule has 2 aromatic carbocycles. The minimum Gasteiger partial charge on any atom is -0.497 e. The van der Waals surface area contributed by atoms with Crippen molar-refractivity contribution in [3.63, 3.8) is 0 Å². The Labute approximate surface area is 161 Å². The van der Waals surface area contributed by atoms with Gasteiger partial charge in [-0.2, -0.15) is 0 Å². The molecule has 0 fully saturated rings. The molecule has 6 heteroatoms. The molecule has 2 aromatic rings. The van der Waals surface area contributed by atoms with Crippen LogP contribution in [-0.2, 0) is 16.4 Å². The van der Waals surface area contributed by atoms with E-state index in [0.717, 1.165) is 22.4 Å². The predicted molar refractivity (Wildman–Crippen MR) is 106 cm³/mol. The number of aliphatic hydroxyl groups is 1. The topological polar surface area (TPSA) is 75.6 Å². The van der Waals surface area contributed by atoms with Crippen molar-refractivity contribution >= 4 is 10.0 Å². The van der Waals surface area contributed by atoms with Gasteiger partial charge in [0.25, 0.3) is 0 Å². The van der Waals surface area contributed by atoms with Crippen LogP contribution in [0.1, 0.15) is 36.0 Å². The van der Waals surface area contributed by atoms with Gasteiger partial charge in [-0.05, 0) is 67.0 Å². The molecule has 0 radical (unpaired) electrons. The lowest BCUT2D eigenvalue weighted by Crippen LogP contribution is -2.41. The Hall–Kier alpha value is -1.89. The first-order valence-corrected chi connectivity index (χ1v) is 10.7.